The first-order valence-electron chi connectivity index (χ1n) is 9.40. The Hall–Kier alpha value is -3.00. The summed E-state index contributed by atoms with van der Waals surface area (Å²) in [6, 6.07) is 16.0. The van der Waals surface area contributed by atoms with E-state index < -0.39 is 11.1 Å². The lowest BCUT2D eigenvalue weighted by molar-refractivity contribution is 0.536. The molecule has 2 aromatic carbocycles. The number of benzene rings is 2. The molecule has 3 heterocycles. The molecule has 0 aliphatic carbocycles. The van der Waals surface area contributed by atoms with Gasteiger partial charge in [-0.3, -0.25) is 4.21 Å². The van der Waals surface area contributed by atoms with Gasteiger partial charge in [-0.15, -0.1) is 11.3 Å². The maximum atomic E-state index is 11.1. The van der Waals surface area contributed by atoms with Gasteiger partial charge in [-0.1, -0.05) is 41.4 Å². The van der Waals surface area contributed by atoms with Crippen molar-refractivity contribution >= 4 is 49.2 Å². The SMILES string of the molecule is Cc1cc2cc(-c3csc4c(-c5cccc(CS(=O)[O-])c5)cnc(N)c34)ccc2[nH]1. The van der Waals surface area contributed by atoms with E-state index in [0.29, 0.717) is 5.82 Å². The molecule has 0 amide bonds. The van der Waals surface area contributed by atoms with Gasteiger partial charge in [0.1, 0.15) is 5.82 Å². The van der Waals surface area contributed by atoms with Crippen molar-refractivity contribution in [3.8, 4) is 22.3 Å². The number of rotatable bonds is 4. The average molecular weight is 433 g/mol. The highest BCUT2D eigenvalue weighted by Gasteiger charge is 2.16. The van der Waals surface area contributed by atoms with Gasteiger partial charge < -0.3 is 15.3 Å². The van der Waals surface area contributed by atoms with Crippen molar-refractivity contribution in [2.75, 3.05) is 5.73 Å². The van der Waals surface area contributed by atoms with Gasteiger partial charge in [-0.05, 0) is 47.2 Å². The van der Waals surface area contributed by atoms with Crippen LogP contribution in [0.5, 0.6) is 0 Å². The van der Waals surface area contributed by atoms with Crippen LogP contribution in [-0.2, 0) is 16.8 Å². The zero-order chi connectivity index (χ0) is 20.8. The summed E-state index contributed by atoms with van der Waals surface area (Å²) >= 11 is -0.503. The lowest BCUT2D eigenvalue weighted by Gasteiger charge is -2.10. The molecule has 0 bridgehead atoms. The summed E-state index contributed by atoms with van der Waals surface area (Å²) in [5, 5.41) is 4.20. The first-order chi connectivity index (χ1) is 14.5. The van der Waals surface area contributed by atoms with Crippen LogP contribution < -0.4 is 5.73 Å². The van der Waals surface area contributed by atoms with Crippen LogP contribution in [0.1, 0.15) is 11.3 Å². The monoisotopic (exact) mass is 432 g/mol. The third-order valence-corrected chi connectivity index (χ3v) is 6.80. The maximum absolute atomic E-state index is 11.1. The van der Waals surface area contributed by atoms with Gasteiger partial charge >= 0.3 is 0 Å². The molecule has 0 radical (unpaired) electrons. The highest BCUT2D eigenvalue weighted by Crippen LogP contribution is 2.42. The number of nitrogens with zero attached hydrogens (tertiary/aromatic N) is 1. The van der Waals surface area contributed by atoms with E-state index >= 15 is 0 Å². The molecule has 7 heteroatoms. The molecule has 3 N–H and O–H groups in total. The average Bonchev–Trinajstić information content (AvgIpc) is 3.31. The number of hydrogen-bond acceptors (Lipinski definition) is 5. The quantitative estimate of drug-likeness (QED) is 0.373. The Balaban J connectivity index is 1.67. The molecule has 0 fully saturated rings. The van der Waals surface area contributed by atoms with E-state index in [2.05, 4.69) is 39.6 Å². The zero-order valence-electron chi connectivity index (χ0n) is 16.1. The predicted molar refractivity (Wildman–Crippen MR) is 124 cm³/mol. The molecule has 150 valence electrons. The van der Waals surface area contributed by atoms with Crippen LogP contribution in [0.25, 0.3) is 43.2 Å². The second-order valence-electron chi connectivity index (χ2n) is 7.31. The lowest BCUT2D eigenvalue weighted by Crippen LogP contribution is -1.95. The van der Waals surface area contributed by atoms with Crippen LogP contribution in [0.15, 0.2) is 60.1 Å². The van der Waals surface area contributed by atoms with Crippen molar-refractivity contribution in [3.05, 3.63) is 71.4 Å². The Bertz CT molecular complexity index is 1440. The van der Waals surface area contributed by atoms with E-state index in [1.54, 1.807) is 17.5 Å². The van der Waals surface area contributed by atoms with Gasteiger partial charge in [0.25, 0.3) is 0 Å². The number of nitrogens with one attached hydrogen (secondary N) is 1. The number of fused-ring (bicyclic) bond motifs is 2. The Kier molecular flexibility index (Phi) is 4.66. The standard InChI is InChI=1S/C23H19N3O2S2/c1-13-7-17-9-16(5-6-20(17)26-13)19-11-29-22-18(10-25-23(24)21(19)22)15-4-2-3-14(8-15)12-30(27)28/h2-11,26H,12H2,1H3,(H2,24,25)(H,27,28)/p-1. The Labute approximate surface area is 179 Å². The number of anilines is 1. The fourth-order valence-corrected chi connectivity index (χ4v) is 5.47. The number of aromatic amines is 1. The van der Waals surface area contributed by atoms with Gasteiger partial charge in [-0.2, -0.15) is 0 Å². The van der Waals surface area contributed by atoms with Crippen molar-refractivity contribution in [1.29, 1.82) is 0 Å². The van der Waals surface area contributed by atoms with Crippen molar-refractivity contribution < 1.29 is 8.76 Å². The van der Waals surface area contributed by atoms with Gasteiger partial charge in [-0.25, -0.2) is 4.98 Å². The molecule has 30 heavy (non-hydrogen) atoms. The summed E-state index contributed by atoms with van der Waals surface area (Å²) in [4.78, 5) is 7.81. The normalized spacial score (nSPS) is 12.6. The predicted octanol–water partition coefficient (Wildman–Crippen LogP) is 5.38. The summed E-state index contributed by atoms with van der Waals surface area (Å²) in [7, 11) is 0. The highest BCUT2D eigenvalue weighted by atomic mass is 32.2. The number of thiophene rings is 1. The molecular weight excluding hydrogens is 414 g/mol. The third-order valence-electron chi connectivity index (χ3n) is 5.21. The van der Waals surface area contributed by atoms with Crippen molar-refractivity contribution in [2.45, 2.75) is 12.7 Å². The summed E-state index contributed by atoms with van der Waals surface area (Å²) in [5.41, 5.74) is 13.3. The number of pyridine rings is 1. The van der Waals surface area contributed by atoms with Crippen LogP contribution in [0.2, 0.25) is 0 Å². The minimum atomic E-state index is -2.13. The minimum absolute atomic E-state index is 0.00876. The molecule has 0 aliphatic rings. The zero-order valence-corrected chi connectivity index (χ0v) is 17.8. The number of aromatic nitrogens is 2. The molecule has 0 spiro atoms. The topological polar surface area (TPSA) is 94.8 Å². The molecule has 1 atom stereocenters. The van der Waals surface area contributed by atoms with Gasteiger partial charge in [0.15, 0.2) is 0 Å². The number of aryl methyl sites for hydroxylation is 1. The number of hydrogen-bond donors (Lipinski definition) is 2. The van der Waals surface area contributed by atoms with Gasteiger partial charge in [0, 0.05) is 49.8 Å². The van der Waals surface area contributed by atoms with Crippen LogP contribution in [0.4, 0.5) is 5.82 Å². The second kappa shape index (κ2) is 7.36. The molecule has 3 aromatic heterocycles. The summed E-state index contributed by atoms with van der Waals surface area (Å²) in [6.07, 6.45) is 1.77. The van der Waals surface area contributed by atoms with E-state index in [0.717, 1.165) is 54.5 Å². The minimum Gasteiger partial charge on any atom is -0.772 e. The van der Waals surface area contributed by atoms with Crippen molar-refractivity contribution in [1.82, 2.24) is 9.97 Å². The second-order valence-corrected chi connectivity index (χ2v) is 9.09. The fraction of sp³-hybridized carbons (Fsp3) is 0.0870. The van der Waals surface area contributed by atoms with E-state index in [-0.39, 0.29) is 5.75 Å². The molecular formula is C23H18N3O2S2-. The molecule has 5 nitrogen and oxygen atoms in total. The molecule has 0 aliphatic heterocycles. The van der Waals surface area contributed by atoms with E-state index in [9.17, 15) is 8.76 Å². The van der Waals surface area contributed by atoms with Crippen molar-refractivity contribution in [2.24, 2.45) is 0 Å². The van der Waals surface area contributed by atoms with Crippen molar-refractivity contribution in [3.63, 3.8) is 0 Å². The third kappa shape index (κ3) is 3.31. The molecule has 0 saturated heterocycles. The molecule has 0 saturated carbocycles. The van der Waals surface area contributed by atoms with Gasteiger partial charge in [0.05, 0.1) is 0 Å². The Morgan fingerprint density at radius 1 is 1.13 bits per heavy atom. The molecule has 5 aromatic rings. The van der Waals surface area contributed by atoms with Crippen LogP contribution in [0.3, 0.4) is 0 Å². The van der Waals surface area contributed by atoms with Gasteiger partial charge in [0.2, 0.25) is 0 Å². The largest absolute Gasteiger partial charge is 0.772 e. The van der Waals surface area contributed by atoms with Crippen LogP contribution >= 0.6 is 11.3 Å². The maximum Gasteiger partial charge on any atom is 0.132 e. The van der Waals surface area contributed by atoms with E-state index in [4.69, 9.17) is 5.73 Å². The summed E-state index contributed by atoms with van der Waals surface area (Å²) < 4.78 is 23.2. The lowest BCUT2D eigenvalue weighted by atomic mass is 10.00. The number of nitrogen functional groups attached to an aromatic ring is 1. The van der Waals surface area contributed by atoms with Crippen LogP contribution in [0, 0.1) is 6.92 Å². The van der Waals surface area contributed by atoms with E-state index in [1.165, 1.54) is 0 Å². The number of H-pyrrole nitrogens is 1. The first kappa shape index (κ1) is 19.0. The number of nitrogens with two attached hydrogens (primary N) is 1. The molecule has 5 rings (SSSR count). The smallest absolute Gasteiger partial charge is 0.132 e. The molecule has 1 unspecified atom stereocenters. The summed E-state index contributed by atoms with van der Waals surface area (Å²) in [6.45, 7) is 2.05. The Morgan fingerprint density at radius 3 is 2.80 bits per heavy atom. The fourth-order valence-electron chi connectivity index (χ4n) is 3.90. The Morgan fingerprint density at radius 2 is 1.97 bits per heavy atom. The first-order valence-corrected chi connectivity index (χ1v) is 11.5. The highest BCUT2D eigenvalue weighted by molar-refractivity contribution is 7.78. The summed E-state index contributed by atoms with van der Waals surface area (Å²) in [5.74, 6) is 0.484. The van der Waals surface area contributed by atoms with Crippen LogP contribution in [-0.4, -0.2) is 18.7 Å². The van der Waals surface area contributed by atoms with E-state index in [1.807, 2.05) is 31.2 Å².